The van der Waals surface area contributed by atoms with Crippen molar-refractivity contribution < 1.29 is 4.39 Å². The van der Waals surface area contributed by atoms with Crippen LogP contribution in [0, 0.1) is 29.5 Å². The van der Waals surface area contributed by atoms with Gasteiger partial charge in [-0.1, -0.05) is 0 Å². The fourth-order valence-electron chi connectivity index (χ4n) is 4.73. The standard InChI is InChI=1S/C15H16FN3/c16-9-3-4-10-11(6-9)18-15(17-10)19-14-12-7-1-2-8(5-7)13(12)14/h3-4,6-8,12-14H,1-2,5H2,(H2,17,18,19). The third kappa shape index (κ3) is 1.34. The molecule has 1 aromatic carbocycles. The number of imidazole rings is 1. The molecule has 0 aliphatic heterocycles. The van der Waals surface area contributed by atoms with Gasteiger partial charge in [-0.15, -0.1) is 0 Å². The molecule has 3 saturated carbocycles. The van der Waals surface area contributed by atoms with Crippen molar-refractivity contribution in [1.29, 1.82) is 0 Å². The monoisotopic (exact) mass is 257 g/mol. The number of aromatic amines is 1. The Labute approximate surface area is 110 Å². The van der Waals surface area contributed by atoms with Gasteiger partial charge in [0.25, 0.3) is 0 Å². The lowest BCUT2D eigenvalue weighted by molar-refractivity contribution is 0.456. The number of anilines is 1. The van der Waals surface area contributed by atoms with Gasteiger partial charge in [0.1, 0.15) is 5.82 Å². The fraction of sp³-hybridized carbons (Fsp3) is 0.533. The number of halogens is 1. The van der Waals surface area contributed by atoms with Crippen LogP contribution in [0.15, 0.2) is 18.2 Å². The summed E-state index contributed by atoms with van der Waals surface area (Å²) in [6.45, 7) is 0. The number of nitrogens with zero attached hydrogens (tertiary/aromatic N) is 1. The summed E-state index contributed by atoms with van der Waals surface area (Å²) >= 11 is 0. The molecule has 5 rings (SSSR count). The van der Waals surface area contributed by atoms with Gasteiger partial charge in [-0.2, -0.15) is 0 Å². The number of nitrogens with one attached hydrogen (secondary N) is 2. The van der Waals surface area contributed by atoms with E-state index in [2.05, 4.69) is 15.3 Å². The van der Waals surface area contributed by atoms with Crippen LogP contribution in [0.1, 0.15) is 19.3 Å². The molecule has 2 bridgehead atoms. The summed E-state index contributed by atoms with van der Waals surface area (Å²) in [6, 6.07) is 5.30. The van der Waals surface area contributed by atoms with Crippen molar-refractivity contribution in [2.24, 2.45) is 23.7 Å². The lowest BCUT2D eigenvalue weighted by Crippen LogP contribution is -2.13. The summed E-state index contributed by atoms with van der Waals surface area (Å²) in [4.78, 5) is 7.68. The average molecular weight is 257 g/mol. The molecule has 3 fully saturated rings. The number of H-pyrrole nitrogens is 1. The number of benzene rings is 1. The zero-order chi connectivity index (χ0) is 12.6. The molecule has 1 aromatic heterocycles. The van der Waals surface area contributed by atoms with Crippen LogP contribution in [0.5, 0.6) is 0 Å². The Hall–Kier alpha value is -1.58. The molecule has 4 atom stereocenters. The van der Waals surface area contributed by atoms with E-state index in [1.165, 1.54) is 31.4 Å². The highest BCUT2D eigenvalue weighted by Gasteiger charge is 2.65. The Morgan fingerprint density at radius 1 is 1.21 bits per heavy atom. The Morgan fingerprint density at radius 2 is 2.00 bits per heavy atom. The van der Waals surface area contributed by atoms with Gasteiger partial charge >= 0.3 is 0 Å². The minimum atomic E-state index is -0.218. The van der Waals surface area contributed by atoms with E-state index in [1.54, 1.807) is 6.07 Å². The van der Waals surface area contributed by atoms with Gasteiger partial charge in [0.2, 0.25) is 5.95 Å². The molecule has 3 nitrogen and oxygen atoms in total. The van der Waals surface area contributed by atoms with E-state index in [0.717, 1.165) is 40.7 Å². The van der Waals surface area contributed by atoms with Gasteiger partial charge in [0.05, 0.1) is 11.0 Å². The second-order valence-electron chi connectivity index (χ2n) is 6.40. The van der Waals surface area contributed by atoms with Gasteiger partial charge in [0, 0.05) is 6.04 Å². The maximum atomic E-state index is 13.2. The summed E-state index contributed by atoms with van der Waals surface area (Å²) in [7, 11) is 0. The van der Waals surface area contributed by atoms with Crippen molar-refractivity contribution in [2.45, 2.75) is 25.3 Å². The first-order valence-corrected chi connectivity index (χ1v) is 7.21. The van der Waals surface area contributed by atoms with E-state index in [1.807, 2.05) is 0 Å². The highest BCUT2D eigenvalue weighted by molar-refractivity contribution is 5.77. The molecule has 4 heteroatoms. The van der Waals surface area contributed by atoms with Crippen LogP contribution in [0.2, 0.25) is 0 Å². The van der Waals surface area contributed by atoms with Gasteiger partial charge < -0.3 is 10.3 Å². The molecular formula is C15H16FN3. The van der Waals surface area contributed by atoms with Crippen molar-refractivity contribution in [3.63, 3.8) is 0 Å². The smallest absolute Gasteiger partial charge is 0.201 e. The molecular weight excluding hydrogens is 241 g/mol. The number of hydrogen-bond donors (Lipinski definition) is 2. The Morgan fingerprint density at radius 3 is 2.79 bits per heavy atom. The van der Waals surface area contributed by atoms with Gasteiger partial charge in [0.15, 0.2) is 0 Å². The number of rotatable bonds is 2. The molecule has 1 heterocycles. The molecule has 2 N–H and O–H groups in total. The van der Waals surface area contributed by atoms with Gasteiger partial charge in [-0.3, -0.25) is 0 Å². The van der Waals surface area contributed by atoms with Crippen molar-refractivity contribution in [1.82, 2.24) is 9.97 Å². The highest BCUT2D eigenvalue weighted by Crippen LogP contribution is 2.66. The number of hydrogen-bond acceptors (Lipinski definition) is 2. The predicted molar refractivity (Wildman–Crippen MR) is 71.3 cm³/mol. The predicted octanol–water partition coefficient (Wildman–Crippen LogP) is 3.16. The van der Waals surface area contributed by atoms with Crippen LogP contribution in [0.25, 0.3) is 11.0 Å². The molecule has 98 valence electrons. The summed E-state index contributed by atoms with van der Waals surface area (Å²) < 4.78 is 13.2. The second-order valence-corrected chi connectivity index (χ2v) is 6.40. The Balaban J connectivity index is 1.41. The summed E-state index contributed by atoms with van der Waals surface area (Å²) in [5.74, 6) is 4.25. The van der Waals surface area contributed by atoms with Crippen molar-refractivity contribution in [2.75, 3.05) is 5.32 Å². The molecule has 0 spiro atoms. The quantitative estimate of drug-likeness (QED) is 0.867. The molecule has 0 saturated heterocycles. The lowest BCUT2D eigenvalue weighted by atomic mass is 10.0. The normalized spacial score (nSPS) is 38.7. The SMILES string of the molecule is Fc1ccc2nc(NC3C4C5CCC(C5)C34)[nH]c2c1. The number of aromatic nitrogens is 2. The first-order valence-electron chi connectivity index (χ1n) is 7.21. The van der Waals surface area contributed by atoms with Gasteiger partial charge in [-0.25, -0.2) is 9.37 Å². The van der Waals surface area contributed by atoms with Gasteiger partial charge in [-0.05, 0) is 61.1 Å². The molecule has 4 unspecified atom stereocenters. The minimum Gasteiger partial charge on any atom is -0.352 e. The van der Waals surface area contributed by atoms with Crippen LogP contribution in [0.3, 0.4) is 0 Å². The van der Waals surface area contributed by atoms with E-state index in [-0.39, 0.29) is 5.82 Å². The maximum absolute atomic E-state index is 13.2. The minimum absolute atomic E-state index is 0.218. The Bertz CT molecular complexity index is 648. The topological polar surface area (TPSA) is 40.7 Å². The molecule has 3 aliphatic rings. The van der Waals surface area contributed by atoms with Crippen LogP contribution in [-0.2, 0) is 0 Å². The van der Waals surface area contributed by atoms with Crippen molar-refractivity contribution in [3.8, 4) is 0 Å². The first kappa shape index (κ1) is 10.2. The summed E-state index contributed by atoms with van der Waals surface area (Å²) in [5.41, 5.74) is 1.61. The summed E-state index contributed by atoms with van der Waals surface area (Å²) in [5, 5.41) is 3.54. The lowest BCUT2D eigenvalue weighted by Gasteiger charge is -2.09. The highest BCUT2D eigenvalue weighted by atomic mass is 19.1. The number of fused-ring (bicyclic) bond motifs is 6. The molecule has 19 heavy (non-hydrogen) atoms. The third-order valence-electron chi connectivity index (χ3n) is 5.48. The van der Waals surface area contributed by atoms with Crippen molar-refractivity contribution >= 4 is 17.0 Å². The molecule has 3 aliphatic carbocycles. The molecule has 0 amide bonds. The van der Waals surface area contributed by atoms with E-state index < -0.39 is 0 Å². The average Bonchev–Trinajstić information content (AvgIpc) is 2.79. The maximum Gasteiger partial charge on any atom is 0.201 e. The fourth-order valence-corrected chi connectivity index (χ4v) is 4.73. The van der Waals surface area contributed by atoms with Crippen LogP contribution in [-0.4, -0.2) is 16.0 Å². The Kier molecular flexibility index (Phi) is 1.78. The van der Waals surface area contributed by atoms with Crippen LogP contribution < -0.4 is 5.32 Å². The van der Waals surface area contributed by atoms with Crippen LogP contribution >= 0.6 is 0 Å². The molecule has 0 radical (unpaired) electrons. The van der Waals surface area contributed by atoms with E-state index in [0.29, 0.717) is 6.04 Å². The van der Waals surface area contributed by atoms with Crippen molar-refractivity contribution in [3.05, 3.63) is 24.0 Å². The largest absolute Gasteiger partial charge is 0.352 e. The first-order chi connectivity index (χ1) is 9.29. The molecule has 2 aromatic rings. The summed E-state index contributed by atoms with van der Waals surface area (Å²) in [6.07, 6.45) is 4.31. The zero-order valence-corrected chi connectivity index (χ0v) is 10.6. The van der Waals surface area contributed by atoms with E-state index in [9.17, 15) is 4.39 Å². The van der Waals surface area contributed by atoms with Crippen LogP contribution in [0.4, 0.5) is 10.3 Å². The van der Waals surface area contributed by atoms with E-state index in [4.69, 9.17) is 0 Å². The van der Waals surface area contributed by atoms with E-state index >= 15 is 0 Å². The zero-order valence-electron chi connectivity index (χ0n) is 10.6. The third-order valence-corrected chi connectivity index (χ3v) is 5.48. The second kappa shape index (κ2) is 3.30.